The maximum absolute atomic E-state index is 13.0. The molecule has 112 valence electrons. The van der Waals surface area contributed by atoms with Crippen LogP contribution in [0.2, 0.25) is 0 Å². The Hall–Kier alpha value is -1.16. The minimum absolute atomic E-state index is 0.147. The van der Waals surface area contributed by atoms with Crippen molar-refractivity contribution in [3.05, 3.63) is 29.8 Å². The Balaban J connectivity index is 3.11. The van der Waals surface area contributed by atoms with Crippen LogP contribution in [0.4, 0.5) is 0 Å². The molecule has 0 saturated carbocycles. The number of nitrogens with two attached hydrogens (primary N) is 1. The summed E-state index contributed by atoms with van der Waals surface area (Å²) in [6.07, 6.45) is 0.581. The van der Waals surface area contributed by atoms with Crippen LogP contribution in [0.25, 0.3) is 0 Å². The van der Waals surface area contributed by atoms with Crippen molar-refractivity contribution in [1.29, 1.82) is 0 Å². The molecule has 0 aromatic heterocycles. The molecule has 0 saturated heterocycles. The molecule has 1 aromatic rings. The van der Waals surface area contributed by atoms with Crippen LogP contribution in [0.15, 0.2) is 24.3 Å². The molecule has 1 aromatic carbocycles. The normalized spacial score (nSPS) is 15.8. The first-order chi connectivity index (χ1) is 9.31. The number of aromatic carboxylic acids is 1. The van der Waals surface area contributed by atoms with Gasteiger partial charge in [0.2, 0.25) is 7.37 Å². The lowest BCUT2D eigenvalue weighted by molar-refractivity contribution is 0.0697. The van der Waals surface area contributed by atoms with Gasteiger partial charge in [0.05, 0.1) is 18.0 Å². The zero-order valence-electron chi connectivity index (χ0n) is 12.1. The van der Waals surface area contributed by atoms with Gasteiger partial charge in [0.15, 0.2) is 0 Å². The molecule has 20 heavy (non-hydrogen) atoms. The molecule has 0 aliphatic carbocycles. The molecule has 0 aliphatic heterocycles. The second-order valence-electron chi connectivity index (χ2n) is 5.06. The minimum Gasteiger partial charge on any atom is -0.478 e. The highest BCUT2D eigenvalue weighted by molar-refractivity contribution is 7.67. The van der Waals surface area contributed by atoms with E-state index in [2.05, 4.69) is 0 Å². The summed E-state index contributed by atoms with van der Waals surface area (Å²) in [7, 11) is -3.18. The van der Waals surface area contributed by atoms with E-state index in [0.717, 1.165) is 0 Å². The quantitative estimate of drug-likeness (QED) is 0.755. The Labute approximate surface area is 119 Å². The van der Waals surface area contributed by atoms with Crippen molar-refractivity contribution in [3.8, 4) is 0 Å². The molecule has 0 radical (unpaired) electrons. The van der Waals surface area contributed by atoms with E-state index in [4.69, 9.17) is 15.4 Å². The lowest BCUT2D eigenvalue weighted by Crippen LogP contribution is -2.29. The molecule has 2 atom stereocenters. The van der Waals surface area contributed by atoms with Crippen LogP contribution >= 0.6 is 7.37 Å². The van der Waals surface area contributed by atoms with Crippen molar-refractivity contribution < 1.29 is 19.0 Å². The van der Waals surface area contributed by atoms with Crippen LogP contribution in [0.1, 0.15) is 37.6 Å². The van der Waals surface area contributed by atoms with E-state index in [1.54, 1.807) is 6.92 Å². The van der Waals surface area contributed by atoms with Crippen molar-refractivity contribution in [2.45, 2.75) is 33.0 Å². The standard InChI is InChI=1S/C14H22NO4P/c1-4-19-20(18,13(15)9-10(2)3)12-7-5-11(6-8-12)14(16)17/h5-8,10,13H,4,9,15H2,1-3H3,(H,16,17). The van der Waals surface area contributed by atoms with Crippen LogP contribution in [-0.4, -0.2) is 23.5 Å². The first-order valence-corrected chi connectivity index (χ1v) is 8.34. The number of carbonyl (C=O) groups is 1. The molecule has 6 heteroatoms. The summed E-state index contributed by atoms with van der Waals surface area (Å²) in [5.41, 5.74) is 6.21. The van der Waals surface area contributed by atoms with Crippen molar-refractivity contribution in [3.63, 3.8) is 0 Å². The van der Waals surface area contributed by atoms with Gasteiger partial charge in [-0.2, -0.15) is 0 Å². The van der Waals surface area contributed by atoms with E-state index >= 15 is 0 Å². The van der Waals surface area contributed by atoms with Gasteiger partial charge in [0, 0.05) is 5.30 Å². The van der Waals surface area contributed by atoms with Gasteiger partial charge in [0.1, 0.15) is 0 Å². The number of hydrogen-bond donors (Lipinski definition) is 2. The summed E-state index contributed by atoms with van der Waals surface area (Å²) < 4.78 is 18.5. The molecule has 3 N–H and O–H groups in total. The minimum atomic E-state index is -3.18. The zero-order valence-corrected chi connectivity index (χ0v) is 13.0. The molecule has 0 bridgehead atoms. The molecule has 2 unspecified atom stereocenters. The third kappa shape index (κ3) is 3.92. The Kier molecular flexibility index (Phi) is 5.93. The monoisotopic (exact) mass is 299 g/mol. The van der Waals surface area contributed by atoms with Gasteiger partial charge in [-0.25, -0.2) is 4.79 Å². The Morgan fingerprint density at radius 1 is 1.35 bits per heavy atom. The van der Waals surface area contributed by atoms with E-state index in [1.807, 2.05) is 13.8 Å². The maximum Gasteiger partial charge on any atom is 0.335 e. The van der Waals surface area contributed by atoms with E-state index in [-0.39, 0.29) is 5.56 Å². The van der Waals surface area contributed by atoms with Gasteiger partial charge >= 0.3 is 5.97 Å². The van der Waals surface area contributed by atoms with Crippen LogP contribution < -0.4 is 11.0 Å². The van der Waals surface area contributed by atoms with Gasteiger partial charge < -0.3 is 15.4 Å². The number of benzene rings is 1. The Morgan fingerprint density at radius 2 is 1.90 bits per heavy atom. The van der Waals surface area contributed by atoms with Crippen molar-refractivity contribution in [2.75, 3.05) is 6.61 Å². The third-order valence-electron chi connectivity index (χ3n) is 2.94. The van der Waals surface area contributed by atoms with Gasteiger partial charge in [-0.05, 0) is 43.5 Å². The van der Waals surface area contributed by atoms with E-state index in [0.29, 0.717) is 24.3 Å². The zero-order chi connectivity index (χ0) is 15.3. The Bertz CT molecular complexity index is 498. The predicted octanol–water partition coefficient (Wildman–Crippen LogP) is 2.66. The average Bonchev–Trinajstić information content (AvgIpc) is 2.38. The lowest BCUT2D eigenvalue weighted by atomic mass is 10.1. The maximum atomic E-state index is 13.0. The second kappa shape index (κ2) is 7.02. The predicted molar refractivity (Wildman–Crippen MR) is 79.7 cm³/mol. The molecule has 5 nitrogen and oxygen atoms in total. The highest BCUT2D eigenvalue weighted by Crippen LogP contribution is 2.50. The lowest BCUT2D eigenvalue weighted by Gasteiger charge is -2.25. The topological polar surface area (TPSA) is 89.6 Å². The molecule has 0 amide bonds. The molecule has 0 aliphatic rings. The largest absolute Gasteiger partial charge is 0.478 e. The fraction of sp³-hybridized carbons (Fsp3) is 0.500. The van der Waals surface area contributed by atoms with Crippen LogP contribution in [-0.2, 0) is 9.09 Å². The summed E-state index contributed by atoms with van der Waals surface area (Å²) in [5, 5.41) is 9.35. The second-order valence-corrected chi connectivity index (χ2v) is 7.70. The number of rotatable bonds is 7. The molecule has 1 rings (SSSR count). The highest BCUT2D eigenvalue weighted by Gasteiger charge is 2.33. The third-order valence-corrected chi connectivity index (χ3v) is 5.69. The molecule has 0 heterocycles. The van der Waals surface area contributed by atoms with Gasteiger partial charge in [-0.3, -0.25) is 4.57 Å². The number of hydrogen-bond acceptors (Lipinski definition) is 4. The number of carboxylic acid groups (broad SMARTS) is 1. The highest BCUT2D eigenvalue weighted by atomic mass is 31.2. The van der Waals surface area contributed by atoms with Gasteiger partial charge in [-0.15, -0.1) is 0 Å². The fourth-order valence-corrected chi connectivity index (χ4v) is 4.36. The van der Waals surface area contributed by atoms with E-state index in [1.165, 1.54) is 24.3 Å². The summed E-state index contributed by atoms with van der Waals surface area (Å²) >= 11 is 0. The van der Waals surface area contributed by atoms with Crippen molar-refractivity contribution in [2.24, 2.45) is 11.7 Å². The van der Waals surface area contributed by atoms with Crippen LogP contribution in [0.5, 0.6) is 0 Å². The van der Waals surface area contributed by atoms with E-state index < -0.39 is 19.1 Å². The summed E-state index contributed by atoms with van der Waals surface area (Å²) in [6, 6.07) is 5.90. The van der Waals surface area contributed by atoms with Crippen LogP contribution in [0, 0.1) is 5.92 Å². The summed E-state index contributed by atoms with van der Waals surface area (Å²) in [4.78, 5) is 10.8. The fourth-order valence-electron chi connectivity index (χ4n) is 1.99. The molecular weight excluding hydrogens is 277 g/mol. The van der Waals surface area contributed by atoms with Crippen molar-refractivity contribution >= 4 is 18.6 Å². The average molecular weight is 299 g/mol. The first-order valence-electron chi connectivity index (χ1n) is 6.65. The van der Waals surface area contributed by atoms with Crippen molar-refractivity contribution in [1.82, 2.24) is 0 Å². The summed E-state index contributed by atoms with van der Waals surface area (Å²) in [6.45, 7) is 6.07. The smallest absolute Gasteiger partial charge is 0.335 e. The molecule has 0 fully saturated rings. The van der Waals surface area contributed by atoms with Gasteiger partial charge in [0.25, 0.3) is 0 Å². The Morgan fingerprint density at radius 3 is 2.30 bits per heavy atom. The summed E-state index contributed by atoms with van der Waals surface area (Å²) in [5.74, 6) is -1.30. The van der Waals surface area contributed by atoms with Crippen LogP contribution in [0.3, 0.4) is 0 Å². The molecule has 0 spiro atoms. The SMILES string of the molecule is CCOP(=O)(c1ccc(C(=O)O)cc1)C(N)CC(C)C. The van der Waals surface area contributed by atoms with Gasteiger partial charge in [-0.1, -0.05) is 13.8 Å². The number of carboxylic acids is 1. The molecular formula is C14H22NO4P. The first kappa shape index (κ1) is 16.9. The van der Waals surface area contributed by atoms with E-state index in [9.17, 15) is 9.36 Å².